The highest BCUT2D eigenvalue weighted by Crippen LogP contribution is 2.28. The third-order valence-corrected chi connectivity index (χ3v) is 5.39. The summed E-state index contributed by atoms with van der Waals surface area (Å²) in [6, 6.07) is 20.3. The molecule has 2 aromatic carbocycles. The molecule has 2 heterocycles. The zero-order chi connectivity index (χ0) is 22.7. The molecule has 0 saturated heterocycles. The van der Waals surface area contributed by atoms with Gasteiger partial charge in [0.15, 0.2) is 5.65 Å². The second kappa shape index (κ2) is 9.01. The Morgan fingerprint density at radius 2 is 1.72 bits per heavy atom. The molecule has 0 aliphatic rings. The SMILES string of the molecule is COC(=O)CC(NC(=O)c1cc(-c2ccccc2)nc2c1c(C)nn2C)c1ccccc1. The van der Waals surface area contributed by atoms with Gasteiger partial charge in [0.1, 0.15) is 0 Å². The number of methoxy groups -OCH3 is 1. The molecule has 1 amide bonds. The summed E-state index contributed by atoms with van der Waals surface area (Å²) in [5, 5.41) is 8.17. The van der Waals surface area contributed by atoms with Crippen molar-refractivity contribution < 1.29 is 14.3 Å². The van der Waals surface area contributed by atoms with E-state index in [4.69, 9.17) is 9.72 Å². The van der Waals surface area contributed by atoms with Crippen LogP contribution in [0.4, 0.5) is 0 Å². The molecule has 4 rings (SSSR count). The van der Waals surface area contributed by atoms with Gasteiger partial charge in [-0.3, -0.25) is 14.3 Å². The van der Waals surface area contributed by atoms with Gasteiger partial charge in [-0.1, -0.05) is 60.7 Å². The Morgan fingerprint density at radius 3 is 2.38 bits per heavy atom. The van der Waals surface area contributed by atoms with E-state index in [0.717, 1.165) is 11.1 Å². The van der Waals surface area contributed by atoms with Crippen LogP contribution in [0.15, 0.2) is 66.7 Å². The Kier molecular flexibility index (Phi) is 5.98. The summed E-state index contributed by atoms with van der Waals surface area (Å²) in [6.07, 6.45) is 0.0258. The predicted molar refractivity (Wildman–Crippen MR) is 122 cm³/mol. The molecule has 0 aliphatic heterocycles. The summed E-state index contributed by atoms with van der Waals surface area (Å²) in [6.45, 7) is 1.85. The van der Waals surface area contributed by atoms with Crippen LogP contribution in [0.2, 0.25) is 0 Å². The van der Waals surface area contributed by atoms with Gasteiger partial charge in [0, 0.05) is 12.6 Å². The molecule has 0 bridgehead atoms. The molecule has 2 aromatic heterocycles. The first-order valence-corrected chi connectivity index (χ1v) is 10.3. The molecular formula is C25H24N4O3. The number of aromatic nitrogens is 3. The average molecular weight is 428 g/mol. The second-order valence-corrected chi connectivity index (χ2v) is 7.55. The number of ether oxygens (including phenoxy) is 1. The van der Waals surface area contributed by atoms with Crippen LogP contribution in [0, 0.1) is 6.92 Å². The molecule has 0 aliphatic carbocycles. The first kappa shape index (κ1) is 21.2. The lowest BCUT2D eigenvalue weighted by Crippen LogP contribution is -2.30. The third-order valence-electron chi connectivity index (χ3n) is 5.39. The fraction of sp³-hybridized carbons (Fsp3) is 0.200. The number of hydrogen-bond donors (Lipinski definition) is 1. The Balaban J connectivity index is 1.78. The maximum Gasteiger partial charge on any atom is 0.307 e. The summed E-state index contributed by atoms with van der Waals surface area (Å²) < 4.78 is 6.52. The highest BCUT2D eigenvalue weighted by Gasteiger charge is 2.24. The van der Waals surface area contributed by atoms with Crippen LogP contribution in [0.3, 0.4) is 0 Å². The monoisotopic (exact) mass is 428 g/mol. The minimum absolute atomic E-state index is 0.0258. The molecule has 0 saturated carbocycles. The highest BCUT2D eigenvalue weighted by atomic mass is 16.5. The van der Waals surface area contributed by atoms with Gasteiger partial charge in [-0.15, -0.1) is 0 Å². The maximum atomic E-state index is 13.5. The summed E-state index contributed by atoms with van der Waals surface area (Å²) in [7, 11) is 3.15. The van der Waals surface area contributed by atoms with Gasteiger partial charge in [0.25, 0.3) is 5.91 Å². The van der Waals surface area contributed by atoms with Crippen molar-refractivity contribution in [2.45, 2.75) is 19.4 Å². The standard InChI is InChI=1S/C25H24N4O3/c1-16-23-19(14-20(17-10-6-4-7-11-17)26-24(23)29(2)28-16)25(31)27-21(15-22(30)32-3)18-12-8-5-9-13-18/h4-14,21H,15H2,1-3H3,(H,27,31). The quantitative estimate of drug-likeness (QED) is 0.470. The molecule has 0 radical (unpaired) electrons. The molecule has 7 nitrogen and oxygen atoms in total. The Bertz CT molecular complexity index is 1270. The van der Waals surface area contributed by atoms with Crippen molar-refractivity contribution in [3.05, 3.63) is 83.6 Å². The van der Waals surface area contributed by atoms with Crippen LogP contribution in [-0.2, 0) is 16.6 Å². The van der Waals surface area contributed by atoms with Gasteiger partial charge in [-0.2, -0.15) is 5.10 Å². The molecule has 4 aromatic rings. The number of amides is 1. The largest absolute Gasteiger partial charge is 0.469 e. The first-order chi connectivity index (χ1) is 15.5. The number of benzene rings is 2. The van der Waals surface area contributed by atoms with Crippen molar-refractivity contribution in [2.75, 3.05) is 7.11 Å². The number of nitrogens with one attached hydrogen (secondary N) is 1. The summed E-state index contributed by atoms with van der Waals surface area (Å²) in [5.74, 6) is -0.704. The molecule has 32 heavy (non-hydrogen) atoms. The van der Waals surface area contributed by atoms with Crippen molar-refractivity contribution in [1.29, 1.82) is 0 Å². The van der Waals surface area contributed by atoms with Crippen molar-refractivity contribution in [1.82, 2.24) is 20.1 Å². The van der Waals surface area contributed by atoms with Crippen LogP contribution in [-0.4, -0.2) is 33.8 Å². The highest BCUT2D eigenvalue weighted by molar-refractivity contribution is 6.07. The number of aryl methyl sites for hydroxylation is 2. The maximum absolute atomic E-state index is 13.5. The number of esters is 1. The lowest BCUT2D eigenvalue weighted by Gasteiger charge is -2.19. The zero-order valence-corrected chi connectivity index (χ0v) is 18.2. The summed E-state index contributed by atoms with van der Waals surface area (Å²) >= 11 is 0. The third kappa shape index (κ3) is 4.23. The van der Waals surface area contributed by atoms with Gasteiger partial charge < -0.3 is 10.1 Å². The van der Waals surface area contributed by atoms with Crippen molar-refractivity contribution in [2.24, 2.45) is 7.05 Å². The van der Waals surface area contributed by atoms with Crippen LogP contribution >= 0.6 is 0 Å². The Hall–Kier alpha value is -4.00. The van der Waals surface area contributed by atoms with Gasteiger partial charge in [-0.25, -0.2) is 4.98 Å². The lowest BCUT2D eigenvalue weighted by molar-refractivity contribution is -0.141. The molecule has 7 heteroatoms. The minimum Gasteiger partial charge on any atom is -0.469 e. The minimum atomic E-state index is -0.531. The van der Waals surface area contributed by atoms with Gasteiger partial charge in [0.05, 0.1) is 41.9 Å². The van der Waals surface area contributed by atoms with Crippen molar-refractivity contribution >= 4 is 22.9 Å². The zero-order valence-electron chi connectivity index (χ0n) is 18.2. The van der Waals surface area contributed by atoms with E-state index < -0.39 is 12.0 Å². The molecule has 1 unspecified atom stereocenters. The Labute approximate surface area is 186 Å². The first-order valence-electron chi connectivity index (χ1n) is 10.3. The molecular weight excluding hydrogens is 404 g/mol. The van der Waals surface area contributed by atoms with Crippen LogP contribution < -0.4 is 5.32 Å². The molecule has 1 N–H and O–H groups in total. The van der Waals surface area contributed by atoms with E-state index in [2.05, 4.69) is 10.4 Å². The number of pyridine rings is 1. The second-order valence-electron chi connectivity index (χ2n) is 7.55. The molecule has 1 atom stereocenters. The fourth-order valence-corrected chi connectivity index (χ4v) is 3.80. The van der Waals surface area contributed by atoms with E-state index in [9.17, 15) is 9.59 Å². The number of carbonyl (C=O) groups is 2. The lowest BCUT2D eigenvalue weighted by atomic mass is 10.0. The molecule has 162 valence electrons. The predicted octanol–water partition coefficient (Wildman–Crippen LogP) is 3.98. The van der Waals surface area contributed by atoms with E-state index >= 15 is 0 Å². The number of hydrogen-bond acceptors (Lipinski definition) is 5. The van der Waals surface area contributed by atoms with E-state index in [1.165, 1.54) is 7.11 Å². The molecule has 0 fully saturated rings. The number of carbonyl (C=O) groups excluding carboxylic acids is 2. The number of rotatable bonds is 6. The van der Waals surface area contributed by atoms with E-state index in [1.54, 1.807) is 10.7 Å². The summed E-state index contributed by atoms with van der Waals surface area (Å²) in [5.41, 5.74) is 4.20. The van der Waals surface area contributed by atoms with Gasteiger partial charge >= 0.3 is 5.97 Å². The van der Waals surface area contributed by atoms with Crippen LogP contribution in [0.25, 0.3) is 22.3 Å². The van der Waals surface area contributed by atoms with Gasteiger partial charge in [-0.05, 0) is 18.6 Å². The normalized spacial score (nSPS) is 11.8. The van der Waals surface area contributed by atoms with Crippen LogP contribution in [0.5, 0.6) is 0 Å². The van der Waals surface area contributed by atoms with Gasteiger partial charge in [0.2, 0.25) is 0 Å². The van der Waals surface area contributed by atoms with Crippen molar-refractivity contribution in [3.63, 3.8) is 0 Å². The number of fused-ring (bicyclic) bond motifs is 1. The Morgan fingerprint density at radius 1 is 1.06 bits per heavy atom. The topological polar surface area (TPSA) is 86.1 Å². The average Bonchev–Trinajstić information content (AvgIpc) is 3.12. The molecule has 0 spiro atoms. The number of nitrogens with zero attached hydrogens (tertiary/aromatic N) is 3. The smallest absolute Gasteiger partial charge is 0.307 e. The van der Waals surface area contributed by atoms with Crippen molar-refractivity contribution in [3.8, 4) is 11.3 Å². The van der Waals surface area contributed by atoms with E-state index in [-0.39, 0.29) is 12.3 Å². The summed E-state index contributed by atoms with van der Waals surface area (Å²) in [4.78, 5) is 30.3. The fourth-order valence-electron chi connectivity index (χ4n) is 3.80. The van der Waals surface area contributed by atoms with E-state index in [0.29, 0.717) is 28.0 Å². The van der Waals surface area contributed by atoms with Crippen LogP contribution in [0.1, 0.15) is 34.1 Å². The van der Waals surface area contributed by atoms with E-state index in [1.807, 2.05) is 74.6 Å².